The van der Waals surface area contributed by atoms with Crippen LogP contribution in [0, 0.1) is 0 Å². The number of fused-ring (bicyclic) bond motifs is 4. The number of nitrogens with zero attached hydrogens (tertiary/aromatic N) is 2. The number of hydrogen-bond acceptors (Lipinski definition) is 3. The summed E-state index contributed by atoms with van der Waals surface area (Å²) in [7, 11) is 0. The highest BCUT2D eigenvalue weighted by Gasteiger charge is 2.12. The topological polar surface area (TPSA) is 38.9 Å². The van der Waals surface area contributed by atoms with E-state index in [1.165, 1.54) is 0 Å². The Bertz CT molecular complexity index is 1500. The molecule has 0 aliphatic heterocycles. The van der Waals surface area contributed by atoms with Crippen molar-refractivity contribution in [1.82, 2.24) is 9.97 Å². The van der Waals surface area contributed by atoms with Gasteiger partial charge in [-0.25, -0.2) is 9.97 Å². The van der Waals surface area contributed by atoms with Gasteiger partial charge >= 0.3 is 0 Å². The minimum atomic E-state index is 0.641. The summed E-state index contributed by atoms with van der Waals surface area (Å²) in [4.78, 5) is 9.53. The van der Waals surface area contributed by atoms with Gasteiger partial charge in [0.05, 0.1) is 11.2 Å². The van der Waals surface area contributed by atoms with Crippen molar-refractivity contribution in [3.8, 4) is 22.7 Å². The van der Waals surface area contributed by atoms with Crippen LogP contribution in [-0.4, -0.2) is 9.97 Å². The summed E-state index contributed by atoms with van der Waals surface area (Å²) in [6.45, 7) is 0. The number of aromatic nitrogens is 2. The second kappa shape index (κ2) is 6.28. The van der Waals surface area contributed by atoms with Crippen molar-refractivity contribution < 1.29 is 4.42 Å². The molecule has 2 aromatic heterocycles. The molecule has 6 rings (SSSR count). The fourth-order valence-electron chi connectivity index (χ4n) is 3.80. The second-order valence-electron chi connectivity index (χ2n) is 7.12. The van der Waals surface area contributed by atoms with E-state index < -0.39 is 0 Å². The van der Waals surface area contributed by atoms with Gasteiger partial charge in [0, 0.05) is 21.9 Å². The van der Waals surface area contributed by atoms with Gasteiger partial charge in [-0.2, -0.15) is 0 Å². The van der Waals surface area contributed by atoms with Crippen LogP contribution in [0.1, 0.15) is 0 Å². The summed E-state index contributed by atoms with van der Waals surface area (Å²) in [6, 6.07) is 32.8. The highest BCUT2D eigenvalue weighted by atomic mass is 16.3. The van der Waals surface area contributed by atoms with Gasteiger partial charge in [-0.1, -0.05) is 60.7 Å². The fourth-order valence-corrected chi connectivity index (χ4v) is 3.80. The van der Waals surface area contributed by atoms with Gasteiger partial charge in [-0.3, -0.25) is 0 Å². The first kappa shape index (κ1) is 16.0. The number of benzene rings is 4. The maximum Gasteiger partial charge on any atom is 0.227 e. The Hall–Kier alpha value is -3.98. The first-order valence-electron chi connectivity index (χ1n) is 9.60. The lowest BCUT2D eigenvalue weighted by Gasteiger charge is -2.05. The van der Waals surface area contributed by atoms with Crippen molar-refractivity contribution in [1.29, 1.82) is 0 Å². The molecular formula is C26H16N2O. The number of pyridine rings is 1. The van der Waals surface area contributed by atoms with Crippen molar-refractivity contribution >= 4 is 32.8 Å². The summed E-state index contributed by atoms with van der Waals surface area (Å²) >= 11 is 0. The monoisotopic (exact) mass is 372 g/mol. The van der Waals surface area contributed by atoms with Crippen LogP contribution in [0.3, 0.4) is 0 Å². The highest BCUT2D eigenvalue weighted by Crippen LogP contribution is 2.32. The lowest BCUT2D eigenvalue weighted by Crippen LogP contribution is -1.85. The highest BCUT2D eigenvalue weighted by molar-refractivity contribution is 6.05. The Morgan fingerprint density at radius 2 is 1.34 bits per heavy atom. The molecule has 0 bridgehead atoms. The molecule has 6 aromatic rings. The minimum absolute atomic E-state index is 0.641. The minimum Gasteiger partial charge on any atom is -0.435 e. The van der Waals surface area contributed by atoms with Crippen molar-refractivity contribution in [2.45, 2.75) is 0 Å². The van der Waals surface area contributed by atoms with Crippen molar-refractivity contribution in [3.63, 3.8) is 0 Å². The van der Waals surface area contributed by atoms with Gasteiger partial charge in [-0.15, -0.1) is 0 Å². The average Bonchev–Trinajstić information content (AvgIpc) is 3.24. The molecule has 29 heavy (non-hydrogen) atoms. The van der Waals surface area contributed by atoms with Crippen LogP contribution in [0.15, 0.2) is 101 Å². The Morgan fingerprint density at radius 1 is 0.552 bits per heavy atom. The van der Waals surface area contributed by atoms with Crippen LogP contribution >= 0.6 is 0 Å². The first-order chi connectivity index (χ1) is 14.3. The molecular weight excluding hydrogens is 356 g/mol. The van der Waals surface area contributed by atoms with Crippen LogP contribution in [0.25, 0.3) is 55.5 Å². The van der Waals surface area contributed by atoms with E-state index in [2.05, 4.69) is 42.5 Å². The van der Waals surface area contributed by atoms with Gasteiger partial charge in [0.2, 0.25) is 5.89 Å². The van der Waals surface area contributed by atoms with E-state index in [0.717, 1.165) is 49.6 Å². The van der Waals surface area contributed by atoms with Crippen LogP contribution in [0.5, 0.6) is 0 Å². The van der Waals surface area contributed by atoms with Crippen LogP contribution < -0.4 is 0 Å². The number of rotatable bonds is 2. The summed E-state index contributed by atoms with van der Waals surface area (Å²) in [6.07, 6.45) is 0. The lowest BCUT2D eigenvalue weighted by molar-refractivity contribution is 0.623. The smallest absolute Gasteiger partial charge is 0.227 e. The standard InChI is InChI=1S/C26H16N2O/c1-2-7-19(8-3-1)26-28-24-15-12-17-10-11-20(16-21(17)25(24)29-26)23-14-13-18-6-4-5-9-22(18)27-23/h1-16H. The van der Waals surface area contributed by atoms with Crippen molar-refractivity contribution in [2.24, 2.45) is 0 Å². The summed E-state index contributed by atoms with van der Waals surface area (Å²) in [5, 5.41) is 3.31. The molecule has 3 nitrogen and oxygen atoms in total. The molecule has 136 valence electrons. The molecule has 0 amide bonds. The van der Waals surface area contributed by atoms with Gasteiger partial charge in [0.15, 0.2) is 5.58 Å². The number of oxazole rings is 1. The second-order valence-corrected chi connectivity index (χ2v) is 7.12. The molecule has 0 aliphatic carbocycles. The van der Waals surface area contributed by atoms with E-state index in [4.69, 9.17) is 14.4 Å². The van der Waals surface area contributed by atoms with Crippen molar-refractivity contribution in [3.05, 3.63) is 97.1 Å². The van der Waals surface area contributed by atoms with Crippen molar-refractivity contribution in [2.75, 3.05) is 0 Å². The fraction of sp³-hybridized carbons (Fsp3) is 0. The maximum atomic E-state index is 6.20. The third-order valence-corrected chi connectivity index (χ3v) is 5.29. The van der Waals surface area contributed by atoms with E-state index in [1.54, 1.807) is 0 Å². The number of para-hydroxylation sites is 1. The van der Waals surface area contributed by atoms with Gasteiger partial charge in [0.25, 0.3) is 0 Å². The molecule has 0 saturated carbocycles. The predicted molar refractivity (Wildman–Crippen MR) is 118 cm³/mol. The number of hydrogen-bond donors (Lipinski definition) is 0. The zero-order valence-corrected chi connectivity index (χ0v) is 15.5. The molecule has 0 aliphatic rings. The van der Waals surface area contributed by atoms with Gasteiger partial charge in [-0.05, 0) is 41.8 Å². The summed E-state index contributed by atoms with van der Waals surface area (Å²) in [5.74, 6) is 0.641. The molecule has 0 N–H and O–H groups in total. The largest absolute Gasteiger partial charge is 0.435 e. The third-order valence-electron chi connectivity index (χ3n) is 5.29. The lowest BCUT2D eigenvalue weighted by atomic mass is 10.0. The molecule has 2 heterocycles. The average molecular weight is 372 g/mol. The molecule has 3 heteroatoms. The molecule has 0 radical (unpaired) electrons. The summed E-state index contributed by atoms with van der Waals surface area (Å²) < 4.78 is 6.20. The zero-order valence-electron chi connectivity index (χ0n) is 15.5. The maximum absolute atomic E-state index is 6.20. The van der Waals surface area contributed by atoms with E-state index in [9.17, 15) is 0 Å². The molecule has 0 unspecified atom stereocenters. The molecule has 0 spiro atoms. The normalized spacial score (nSPS) is 11.4. The predicted octanol–water partition coefficient (Wildman–Crippen LogP) is 6.86. The van der Waals surface area contributed by atoms with Gasteiger partial charge < -0.3 is 4.42 Å². The third kappa shape index (κ3) is 2.67. The van der Waals surface area contributed by atoms with Crippen LogP contribution in [-0.2, 0) is 0 Å². The van der Waals surface area contributed by atoms with E-state index in [1.807, 2.05) is 54.6 Å². The Labute approximate surface area is 167 Å². The van der Waals surface area contributed by atoms with E-state index in [-0.39, 0.29) is 0 Å². The molecule has 0 fully saturated rings. The van der Waals surface area contributed by atoms with Crippen LogP contribution in [0.4, 0.5) is 0 Å². The molecule has 0 atom stereocenters. The Morgan fingerprint density at radius 3 is 2.28 bits per heavy atom. The van der Waals surface area contributed by atoms with Gasteiger partial charge in [0.1, 0.15) is 5.52 Å². The van der Waals surface area contributed by atoms with E-state index >= 15 is 0 Å². The zero-order chi connectivity index (χ0) is 19.2. The van der Waals surface area contributed by atoms with Crippen LogP contribution in [0.2, 0.25) is 0 Å². The first-order valence-corrected chi connectivity index (χ1v) is 9.60. The SMILES string of the molecule is c1ccc(-c2nc3ccc4ccc(-c5ccc6ccccc6n5)cc4c3o2)cc1. The van der Waals surface area contributed by atoms with E-state index in [0.29, 0.717) is 5.89 Å². The Balaban J connectivity index is 1.55. The molecule has 4 aromatic carbocycles. The molecule has 0 saturated heterocycles. The Kier molecular flexibility index (Phi) is 3.47. The summed E-state index contributed by atoms with van der Waals surface area (Å²) in [5.41, 5.74) is 5.65. The quantitative estimate of drug-likeness (QED) is 0.333.